The van der Waals surface area contributed by atoms with E-state index in [0.717, 1.165) is 19.0 Å². The first-order valence-electron chi connectivity index (χ1n) is 7.17. The molecule has 1 aromatic heterocycles. The zero-order valence-electron chi connectivity index (χ0n) is 12.4. The minimum atomic E-state index is 0.449. The molecule has 0 unspecified atom stereocenters. The predicted molar refractivity (Wildman–Crippen MR) is 80.2 cm³/mol. The number of aromatic nitrogens is 1. The van der Waals surface area contributed by atoms with Crippen molar-refractivity contribution in [1.82, 2.24) is 15.2 Å². The number of guanidine groups is 1. The van der Waals surface area contributed by atoms with Crippen LogP contribution in [0.3, 0.4) is 0 Å². The van der Waals surface area contributed by atoms with Crippen LogP contribution in [0.25, 0.3) is 0 Å². The Hall–Kier alpha value is -1.45. The maximum Gasteiger partial charge on any atom is 0.191 e. The van der Waals surface area contributed by atoms with Crippen molar-refractivity contribution in [1.29, 1.82) is 0 Å². The first-order valence-corrected chi connectivity index (χ1v) is 7.17. The molecular weight excluding hydrogens is 236 g/mol. The highest BCUT2D eigenvalue weighted by Gasteiger charge is 2.28. The predicted octanol–water partition coefficient (Wildman–Crippen LogP) is 2.27. The zero-order chi connectivity index (χ0) is 13.7. The van der Waals surface area contributed by atoms with E-state index < -0.39 is 0 Å². The topological polar surface area (TPSA) is 41.4 Å². The van der Waals surface area contributed by atoms with Gasteiger partial charge in [-0.3, -0.25) is 4.99 Å². The van der Waals surface area contributed by atoms with Gasteiger partial charge in [-0.25, -0.2) is 0 Å². The molecule has 1 aromatic rings. The van der Waals surface area contributed by atoms with Gasteiger partial charge in [-0.2, -0.15) is 0 Å². The fraction of sp³-hybridized carbons (Fsp3) is 0.667. The van der Waals surface area contributed by atoms with Crippen molar-refractivity contribution in [3.05, 3.63) is 24.0 Å². The molecule has 0 aliphatic heterocycles. The van der Waals surface area contributed by atoms with E-state index in [9.17, 15) is 0 Å². The first kappa shape index (κ1) is 14.0. The van der Waals surface area contributed by atoms with Crippen LogP contribution in [-0.2, 0) is 13.6 Å². The Kier molecular flexibility index (Phi) is 4.51. The summed E-state index contributed by atoms with van der Waals surface area (Å²) in [6, 6.07) is 2.12. The highest BCUT2D eigenvalue weighted by Crippen LogP contribution is 2.36. The van der Waals surface area contributed by atoms with Crippen LogP contribution in [0.2, 0.25) is 0 Å². The molecule has 0 atom stereocenters. The van der Waals surface area contributed by atoms with Gasteiger partial charge in [-0.1, -0.05) is 19.8 Å². The summed E-state index contributed by atoms with van der Waals surface area (Å²) in [5.41, 5.74) is 1.72. The van der Waals surface area contributed by atoms with Gasteiger partial charge in [0.2, 0.25) is 0 Å². The molecule has 106 valence electrons. The second kappa shape index (κ2) is 6.13. The van der Waals surface area contributed by atoms with Gasteiger partial charge in [0.15, 0.2) is 5.96 Å². The maximum atomic E-state index is 4.29. The van der Waals surface area contributed by atoms with Crippen molar-refractivity contribution in [2.24, 2.45) is 17.5 Å². The average Bonchev–Trinajstić information content (AvgIpc) is 2.99. The molecule has 1 aliphatic carbocycles. The lowest BCUT2D eigenvalue weighted by Crippen LogP contribution is -2.41. The van der Waals surface area contributed by atoms with Gasteiger partial charge in [0.1, 0.15) is 0 Å². The highest BCUT2D eigenvalue weighted by molar-refractivity contribution is 5.79. The third-order valence-electron chi connectivity index (χ3n) is 4.07. The van der Waals surface area contributed by atoms with E-state index in [4.69, 9.17) is 0 Å². The lowest BCUT2D eigenvalue weighted by atomic mass is 9.89. The van der Waals surface area contributed by atoms with E-state index in [1.165, 1.54) is 31.2 Å². The molecule has 0 spiro atoms. The highest BCUT2D eigenvalue weighted by atomic mass is 15.2. The Morgan fingerprint density at radius 3 is 2.68 bits per heavy atom. The van der Waals surface area contributed by atoms with Crippen LogP contribution in [0, 0.1) is 5.41 Å². The lowest BCUT2D eigenvalue weighted by Gasteiger charge is -2.25. The summed E-state index contributed by atoms with van der Waals surface area (Å²) < 4.78 is 2.06. The summed E-state index contributed by atoms with van der Waals surface area (Å²) in [5.74, 6) is 0.900. The quantitative estimate of drug-likeness (QED) is 0.645. The summed E-state index contributed by atoms with van der Waals surface area (Å²) in [6.45, 7) is 4.20. The molecule has 0 bridgehead atoms. The Balaban J connectivity index is 1.77. The summed E-state index contributed by atoms with van der Waals surface area (Å²) in [4.78, 5) is 4.29. The molecule has 4 nitrogen and oxygen atoms in total. The van der Waals surface area contributed by atoms with Gasteiger partial charge >= 0.3 is 0 Å². The fourth-order valence-corrected chi connectivity index (χ4v) is 2.77. The second-order valence-corrected chi connectivity index (χ2v) is 5.98. The van der Waals surface area contributed by atoms with Crippen LogP contribution in [0.4, 0.5) is 0 Å². The van der Waals surface area contributed by atoms with Crippen molar-refractivity contribution < 1.29 is 0 Å². The van der Waals surface area contributed by atoms with Crippen LogP contribution in [-0.4, -0.2) is 24.1 Å². The Labute approximate surface area is 116 Å². The number of hydrogen-bond donors (Lipinski definition) is 2. The van der Waals surface area contributed by atoms with E-state index in [1.807, 2.05) is 14.1 Å². The van der Waals surface area contributed by atoms with Crippen LogP contribution in [0.15, 0.2) is 23.5 Å². The van der Waals surface area contributed by atoms with Gasteiger partial charge < -0.3 is 15.2 Å². The maximum absolute atomic E-state index is 4.29. The average molecular weight is 262 g/mol. The van der Waals surface area contributed by atoms with Crippen molar-refractivity contribution in [3.63, 3.8) is 0 Å². The summed E-state index contributed by atoms with van der Waals surface area (Å²) in [6.07, 6.45) is 9.58. The number of aliphatic imine (C=N–C) groups is 1. The summed E-state index contributed by atoms with van der Waals surface area (Å²) in [5, 5.41) is 6.83. The van der Waals surface area contributed by atoms with E-state index in [2.05, 4.69) is 45.6 Å². The largest absolute Gasteiger partial charge is 0.357 e. The van der Waals surface area contributed by atoms with Gasteiger partial charge in [0.05, 0.1) is 0 Å². The monoisotopic (exact) mass is 262 g/mol. The Morgan fingerprint density at radius 2 is 2.11 bits per heavy atom. The third kappa shape index (κ3) is 4.01. The molecule has 1 fully saturated rings. The number of hydrogen-bond acceptors (Lipinski definition) is 1. The SMILES string of the molecule is CN=C(NCc1ccn(C)c1)NCC1(C)CCCC1. The van der Waals surface area contributed by atoms with E-state index in [0.29, 0.717) is 5.41 Å². The van der Waals surface area contributed by atoms with Crippen molar-refractivity contribution in [2.75, 3.05) is 13.6 Å². The second-order valence-electron chi connectivity index (χ2n) is 5.98. The smallest absolute Gasteiger partial charge is 0.191 e. The number of rotatable bonds is 4. The van der Waals surface area contributed by atoms with E-state index in [-0.39, 0.29) is 0 Å². The summed E-state index contributed by atoms with van der Waals surface area (Å²) in [7, 11) is 3.87. The van der Waals surface area contributed by atoms with E-state index in [1.54, 1.807) is 0 Å². The van der Waals surface area contributed by atoms with E-state index >= 15 is 0 Å². The molecule has 1 heterocycles. The normalized spacial score (nSPS) is 18.6. The molecule has 2 N–H and O–H groups in total. The van der Waals surface area contributed by atoms with Gasteiger partial charge in [0, 0.05) is 39.6 Å². The Morgan fingerprint density at radius 1 is 1.37 bits per heavy atom. The molecular formula is C15H26N4. The molecule has 19 heavy (non-hydrogen) atoms. The molecule has 1 saturated carbocycles. The van der Waals surface area contributed by atoms with Gasteiger partial charge in [-0.15, -0.1) is 0 Å². The Bertz CT molecular complexity index is 427. The van der Waals surface area contributed by atoms with Crippen LogP contribution < -0.4 is 10.6 Å². The molecule has 0 aromatic carbocycles. The molecule has 0 saturated heterocycles. The van der Waals surface area contributed by atoms with Crippen LogP contribution >= 0.6 is 0 Å². The van der Waals surface area contributed by atoms with Gasteiger partial charge in [-0.05, 0) is 29.9 Å². The third-order valence-corrected chi connectivity index (χ3v) is 4.07. The van der Waals surface area contributed by atoms with Crippen molar-refractivity contribution >= 4 is 5.96 Å². The molecule has 0 radical (unpaired) electrons. The molecule has 4 heteroatoms. The van der Waals surface area contributed by atoms with Crippen LogP contribution in [0.1, 0.15) is 38.2 Å². The number of nitrogens with zero attached hydrogens (tertiary/aromatic N) is 2. The zero-order valence-corrected chi connectivity index (χ0v) is 12.4. The number of nitrogens with one attached hydrogen (secondary N) is 2. The first-order chi connectivity index (χ1) is 9.11. The van der Waals surface area contributed by atoms with Crippen molar-refractivity contribution in [3.8, 4) is 0 Å². The fourth-order valence-electron chi connectivity index (χ4n) is 2.77. The van der Waals surface area contributed by atoms with Gasteiger partial charge in [0.25, 0.3) is 0 Å². The van der Waals surface area contributed by atoms with Crippen molar-refractivity contribution in [2.45, 2.75) is 39.2 Å². The molecule has 2 rings (SSSR count). The minimum absolute atomic E-state index is 0.449. The molecule has 0 amide bonds. The lowest BCUT2D eigenvalue weighted by molar-refractivity contribution is 0.334. The molecule has 1 aliphatic rings. The number of aryl methyl sites for hydroxylation is 1. The summed E-state index contributed by atoms with van der Waals surface area (Å²) >= 11 is 0. The minimum Gasteiger partial charge on any atom is -0.357 e. The standard InChI is InChI=1S/C15H26N4/c1-15(7-4-5-8-15)12-18-14(16-2)17-10-13-6-9-19(3)11-13/h6,9,11H,4-5,7-8,10,12H2,1-3H3,(H2,16,17,18). The van der Waals surface area contributed by atoms with Crippen LogP contribution in [0.5, 0.6) is 0 Å².